The summed E-state index contributed by atoms with van der Waals surface area (Å²) in [6.45, 7) is 2.08. The highest BCUT2D eigenvalue weighted by Crippen LogP contribution is 2.46. The van der Waals surface area contributed by atoms with E-state index in [0.29, 0.717) is 47.7 Å². The van der Waals surface area contributed by atoms with Gasteiger partial charge in [-0.2, -0.15) is 15.1 Å². The number of anilines is 2. The minimum absolute atomic E-state index is 0.0443. The van der Waals surface area contributed by atoms with Crippen molar-refractivity contribution in [1.82, 2.24) is 24.6 Å². The lowest BCUT2D eigenvalue weighted by Gasteiger charge is -2.24. The summed E-state index contributed by atoms with van der Waals surface area (Å²) in [7, 11) is -3.95. The molecule has 236 valence electrons. The summed E-state index contributed by atoms with van der Waals surface area (Å²) in [6, 6.07) is 8.26. The van der Waals surface area contributed by atoms with Crippen LogP contribution in [0.25, 0.3) is 11.2 Å². The molecular formula is C31H42N7O5P. The number of hydrogen-bond acceptors (Lipinski definition) is 10. The monoisotopic (exact) mass is 623 g/mol. The minimum Gasteiger partial charge on any atom is -0.465 e. The first-order valence-corrected chi connectivity index (χ1v) is 17.3. The van der Waals surface area contributed by atoms with Gasteiger partial charge in [0, 0.05) is 12.0 Å². The lowest BCUT2D eigenvalue weighted by molar-refractivity contribution is -0.145. The molecule has 1 aromatic carbocycles. The molecule has 2 fully saturated rings. The first-order valence-electron chi connectivity index (χ1n) is 15.7. The molecule has 0 radical (unpaired) electrons. The van der Waals surface area contributed by atoms with Gasteiger partial charge in [-0.25, -0.2) is 9.55 Å². The molecule has 2 saturated carbocycles. The molecule has 3 aliphatic rings. The van der Waals surface area contributed by atoms with Crippen LogP contribution in [0.3, 0.4) is 0 Å². The number of nitrogens with two attached hydrogens (primary N) is 1. The van der Waals surface area contributed by atoms with E-state index < -0.39 is 19.8 Å². The largest absolute Gasteiger partial charge is 0.465 e. The summed E-state index contributed by atoms with van der Waals surface area (Å²) in [6.07, 6.45) is 15.7. The maximum absolute atomic E-state index is 14.0. The van der Waals surface area contributed by atoms with Gasteiger partial charge in [-0.05, 0) is 50.7 Å². The van der Waals surface area contributed by atoms with E-state index >= 15 is 0 Å². The maximum atomic E-state index is 14.0. The second-order valence-electron chi connectivity index (χ2n) is 12.1. The number of esters is 1. The van der Waals surface area contributed by atoms with Crippen LogP contribution in [0.4, 0.5) is 11.8 Å². The van der Waals surface area contributed by atoms with Crippen LogP contribution in [0.15, 0.2) is 48.8 Å². The Morgan fingerprint density at radius 2 is 1.91 bits per heavy atom. The summed E-state index contributed by atoms with van der Waals surface area (Å²) in [5.41, 5.74) is 7.37. The van der Waals surface area contributed by atoms with E-state index in [-0.39, 0.29) is 24.5 Å². The Labute approximate surface area is 257 Å². The zero-order valence-corrected chi connectivity index (χ0v) is 26.0. The summed E-state index contributed by atoms with van der Waals surface area (Å²) in [4.78, 5) is 26.2. The van der Waals surface area contributed by atoms with Crippen LogP contribution >= 0.6 is 7.75 Å². The van der Waals surface area contributed by atoms with Crippen molar-refractivity contribution in [1.29, 1.82) is 0 Å². The highest BCUT2D eigenvalue weighted by Gasteiger charge is 2.34. The fourth-order valence-corrected chi connectivity index (χ4v) is 7.45. The van der Waals surface area contributed by atoms with Gasteiger partial charge in [-0.15, -0.1) is 0 Å². The predicted octanol–water partition coefficient (Wildman–Crippen LogP) is 5.80. The van der Waals surface area contributed by atoms with E-state index in [9.17, 15) is 9.36 Å². The zero-order chi connectivity index (χ0) is 30.5. The van der Waals surface area contributed by atoms with Crippen LogP contribution in [0.2, 0.25) is 0 Å². The van der Waals surface area contributed by atoms with Crippen molar-refractivity contribution in [3.8, 4) is 5.75 Å². The van der Waals surface area contributed by atoms with Gasteiger partial charge in [0.25, 0.3) is 0 Å². The number of carbonyl (C=O) groups is 1. The number of allylic oxidation sites excluding steroid dienone is 1. The van der Waals surface area contributed by atoms with Gasteiger partial charge >= 0.3 is 13.7 Å². The van der Waals surface area contributed by atoms with Crippen LogP contribution in [0.5, 0.6) is 5.75 Å². The zero-order valence-electron chi connectivity index (χ0n) is 25.1. The maximum Gasteiger partial charge on any atom is 0.459 e. The molecule has 0 spiro atoms. The van der Waals surface area contributed by atoms with Crippen molar-refractivity contribution in [2.75, 3.05) is 24.3 Å². The third-order valence-electron chi connectivity index (χ3n) is 8.49. The van der Waals surface area contributed by atoms with Gasteiger partial charge in [0.05, 0.1) is 25.6 Å². The standard InChI is InChI=1S/C31H42N7O5P/c1-21(30(39)41-17-16-22-8-4-2-5-9-22)37-44(40,43-26-10-6-3-7-11-26)42-19-23-12-15-25(18-23)38-20-33-27-28(34-24-13-14-24)35-31(32)36-29(27)38/h3,6-7,10-12,15,20-25H,2,4-5,8-9,13-14,16-19H2,1H3,(H,37,40)(H3,32,34,35,36)/t21-,23+,25-,44?/m0/s1. The fourth-order valence-electron chi connectivity index (χ4n) is 5.90. The molecule has 13 heteroatoms. The SMILES string of the molecule is C[C@H](NP(=O)(OC[C@@H]1C=C[C@H](n2cnc3c(NC4CC4)nc(N)nc32)C1)Oc1ccccc1)C(=O)OCCC1CCCCC1. The smallest absolute Gasteiger partial charge is 0.459 e. The van der Waals surface area contributed by atoms with E-state index in [1.54, 1.807) is 37.5 Å². The number of rotatable bonds is 14. The first-order chi connectivity index (χ1) is 21.3. The number of nitrogens with one attached hydrogen (secondary N) is 2. The molecule has 0 amide bonds. The van der Waals surface area contributed by atoms with Crippen molar-refractivity contribution >= 4 is 36.6 Å². The minimum atomic E-state index is -3.95. The van der Waals surface area contributed by atoms with E-state index in [1.165, 1.54) is 32.1 Å². The quantitative estimate of drug-likeness (QED) is 0.113. The Morgan fingerprint density at radius 1 is 1.11 bits per heavy atom. The van der Waals surface area contributed by atoms with E-state index in [1.807, 2.05) is 16.7 Å². The van der Waals surface area contributed by atoms with E-state index in [0.717, 1.165) is 19.3 Å². The average Bonchev–Trinajstić information content (AvgIpc) is 3.53. The van der Waals surface area contributed by atoms with Crippen molar-refractivity contribution < 1.29 is 23.1 Å². The van der Waals surface area contributed by atoms with Gasteiger partial charge < -0.3 is 24.9 Å². The molecule has 2 aromatic heterocycles. The van der Waals surface area contributed by atoms with Crippen molar-refractivity contribution in [2.45, 2.75) is 82.8 Å². The number of fused-ring (bicyclic) bond motifs is 1. The molecular weight excluding hydrogens is 581 g/mol. The van der Waals surface area contributed by atoms with Crippen LogP contribution in [-0.4, -0.2) is 50.8 Å². The van der Waals surface area contributed by atoms with Crippen LogP contribution in [0.1, 0.15) is 70.8 Å². The number of benzene rings is 1. The number of nitrogens with zero attached hydrogens (tertiary/aromatic N) is 4. The number of imidazole rings is 1. The van der Waals surface area contributed by atoms with Crippen LogP contribution in [-0.2, 0) is 18.6 Å². The fraction of sp³-hybridized carbons (Fsp3) is 0.548. The molecule has 0 saturated heterocycles. The van der Waals surface area contributed by atoms with Crippen molar-refractivity contribution in [3.05, 3.63) is 48.8 Å². The molecule has 4 N–H and O–H groups in total. The van der Waals surface area contributed by atoms with Crippen molar-refractivity contribution in [3.63, 3.8) is 0 Å². The second-order valence-corrected chi connectivity index (χ2v) is 13.8. The van der Waals surface area contributed by atoms with Gasteiger partial charge in [0.1, 0.15) is 11.8 Å². The van der Waals surface area contributed by atoms with E-state index in [4.69, 9.17) is 19.5 Å². The molecule has 3 aromatic rings. The Bertz CT molecular complexity index is 1510. The van der Waals surface area contributed by atoms with Gasteiger partial charge in [0.15, 0.2) is 17.0 Å². The second kappa shape index (κ2) is 13.7. The van der Waals surface area contributed by atoms with Crippen molar-refractivity contribution in [2.24, 2.45) is 11.8 Å². The summed E-state index contributed by atoms with van der Waals surface area (Å²) in [5.74, 6) is 1.28. The summed E-state index contributed by atoms with van der Waals surface area (Å²) >= 11 is 0. The number of ether oxygens (including phenoxy) is 1. The Hall–Kier alpha value is -3.47. The summed E-state index contributed by atoms with van der Waals surface area (Å²) < 4.78 is 33.3. The molecule has 4 atom stereocenters. The molecule has 1 unspecified atom stereocenters. The Morgan fingerprint density at radius 3 is 2.68 bits per heavy atom. The number of aromatic nitrogens is 4. The number of nitrogen functional groups attached to an aromatic ring is 1. The molecule has 12 nitrogen and oxygen atoms in total. The molecule has 2 heterocycles. The lowest BCUT2D eigenvalue weighted by atomic mass is 9.87. The molecule has 44 heavy (non-hydrogen) atoms. The predicted molar refractivity (Wildman–Crippen MR) is 168 cm³/mol. The first kappa shape index (κ1) is 30.6. The van der Waals surface area contributed by atoms with Crippen LogP contribution in [0, 0.1) is 11.8 Å². The van der Waals surface area contributed by atoms with Crippen LogP contribution < -0.4 is 20.7 Å². The highest BCUT2D eigenvalue weighted by molar-refractivity contribution is 7.52. The van der Waals surface area contributed by atoms with Gasteiger partial charge in [-0.3, -0.25) is 9.32 Å². The van der Waals surface area contributed by atoms with Gasteiger partial charge in [-0.1, -0.05) is 62.5 Å². The number of hydrogen-bond donors (Lipinski definition) is 3. The molecule has 0 aliphatic heterocycles. The summed E-state index contributed by atoms with van der Waals surface area (Å²) in [5, 5.41) is 6.20. The Balaban J connectivity index is 1.07. The third-order valence-corrected chi connectivity index (χ3v) is 10.1. The lowest BCUT2D eigenvalue weighted by Crippen LogP contribution is -2.35. The molecule has 6 rings (SSSR count). The van der Waals surface area contributed by atoms with Gasteiger partial charge in [0.2, 0.25) is 5.95 Å². The molecule has 3 aliphatic carbocycles. The number of carbonyl (C=O) groups excluding carboxylic acids is 1. The topological polar surface area (TPSA) is 156 Å². The highest BCUT2D eigenvalue weighted by atomic mass is 31.2. The molecule has 0 bridgehead atoms. The average molecular weight is 624 g/mol. The number of para-hydroxylation sites is 1. The third kappa shape index (κ3) is 7.78. The normalized spacial score (nSPS) is 22.5. The van der Waals surface area contributed by atoms with E-state index in [2.05, 4.69) is 31.4 Å². The Kier molecular flexibility index (Phi) is 9.49.